The van der Waals surface area contributed by atoms with Crippen molar-refractivity contribution in [2.24, 2.45) is 0 Å². The molecule has 1 aliphatic heterocycles. The average Bonchev–Trinajstić information content (AvgIpc) is 3.28. The van der Waals surface area contributed by atoms with E-state index >= 15 is 0 Å². The summed E-state index contributed by atoms with van der Waals surface area (Å²) in [6.07, 6.45) is 1.39. The number of carbonyl (C=O) groups excluding carboxylic acids is 2. The Bertz CT molecular complexity index is 852. The number of hydrogen-bond donors (Lipinski definition) is 2. The fourth-order valence-corrected chi connectivity index (χ4v) is 2.82. The molecule has 1 unspecified atom stereocenters. The number of amides is 3. The molecule has 0 radical (unpaired) electrons. The van der Waals surface area contributed by atoms with Crippen molar-refractivity contribution in [3.63, 3.8) is 0 Å². The maximum atomic E-state index is 13.8. The summed E-state index contributed by atoms with van der Waals surface area (Å²) in [6.45, 7) is 2.11. The largest absolute Gasteiger partial charge is 0.376 e. The number of rotatable bonds is 6. The molecule has 2 heterocycles. The number of carbonyl (C=O) groups is 2. The summed E-state index contributed by atoms with van der Waals surface area (Å²) < 4.78 is 37.3. The highest BCUT2D eigenvalue weighted by molar-refractivity contribution is 5.96. The second-order valence-corrected chi connectivity index (χ2v) is 6.44. The van der Waals surface area contributed by atoms with Gasteiger partial charge in [0.2, 0.25) is 5.91 Å². The summed E-state index contributed by atoms with van der Waals surface area (Å²) in [6, 6.07) is 3.65. The Labute approximate surface area is 159 Å². The van der Waals surface area contributed by atoms with Crippen LogP contribution >= 0.6 is 0 Å². The highest BCUT2D eigenvalue weighted by atomic mass is 19.1. The van der Waals surface area contributed by atoms with Crippen LogP contribution in [0.4, 0.5) is 25.1 Å². The molecule has 10 heteroatoms. The van der Waals surface area contributed by atoms with Crippen molar-refractivity contribution < 1.29 is 27.6 Å². The van der Waals surface area contributed by atoms with E-state index in [9.17, 15) is 18.4 Å². The molecule has 1 aromatic carbocycles. The van der Waals surface area contributed by atoms with Gasteiger partial charge >= 0.3 is 6.03 Å². The summed E-state index contributed by atoms with van der Waals surface area (Å²) in [4.78, 5) is 26.1. The summed E-state index contributed by atoms with van der Waals surface area (Å²) in [5, 5.41) is 8.55. The van der Waals surface area contributed by atoms with Gasteiger partial charge in [0, 0.05) is 25.3 Å². The molecular formula is C18H20F2N4O4. The normalized spacial score (nSPS) is 16.0. The van der Waals surface area contributed by atoms with Gasteiger partial charge in [-0.25, -0.2) is 13.6 Å². The van der Waals surface area contributed by atoms with Gasteiger partial charge in [0.15, 0.2) is 5.82 Å². The minimum Gasteiger partial charge on any atom is -0.376 e. The third kappa shape index (κ3) is 5.26. The Balaban J connectivity index is 1.67. The van der Waals surface area contributed by atoms with Gasteiger partial charge in [-0.3, -0.25) is 4.79 Å². The van der Waals surface area contributed by atoms with Crippen LogP contribution in [0.3, 0.4) is 0 Å². The van der Waals surface area contributed by atoms with E-state index in [0.29, 0.717) is 18.4 Å². The van der Waals surface area contributed by atoms with Crippen molar-refractivity contribution >= 4 is 23.4 Å². The van der Waals surface area contributed by atoms with Crippen LogP contribution in [0.15, 0.2) is 28.8 Å². The van der Waals surface area contributed by atoms with E-state index in [2.05, 4.69) is 15.8 Å². The maximum absolute atomic E-state index is 13.8. The Hall–Kier alpha value is -3.01. The molecule has 3 rings (SSSR count). The summed E-state index contributed by atoms with van der Waals surface area (Å²) in [5.41, 5.74) is -0.184. The van der Waals surface area contributed by atoms with Gasteiger partial charge in [-0.05, 0) is 31.9 Å². The highest BCUT2D eigenvalue weighted by Gasteiger charge is 2.25. The van der Waals surface area contributed by atoms with Crippen molar-refractivity contribution in [1.82, 2.24) is 10.1 Å². The molecule has 1 aromatic heterocycles. The SMILES string of the molecule is Cc1cc(NC(=O)CN(CC2CCCO2)C(=O)Nc2ccc(F)cc2F)no1. The molecule has 0 bridgehead atoms. The van der Waals surface area contributed by atoms with Gasteiger partial charge < -0.3 is 24.8 Å². The van der Waals surface area contributed by atoms with E-state index < -0.39 is 23.6 Å². The van der Waals surface area contributed by atoms with E-state index in [1.807, 2.05) is 0 Å². The number of halogens is 2. The van der Waals surface area contributed by atoms with E-state index in [4.69, 9.17) is 9.26 Å². The monoisotopic (exact) mass is 394 g/mol. The van der Waals surface area contributed by atoms with E-state index in [1.165, 1.54) is 11.0 Å². The molecule has 1 aliphatic rings. The molecular weight excluding hydrogens is 374 g/mol. The number of aryl methyl sites for hydroxylation is 1. The van der Waals surface area contributed by atoms with Gasteiger partial charge in [-0.1, -0.05) is 5.16 Å². The second kappa shape index (κ2) is 8.79. The van der Waals surface area contributed by atoms with E-state index in [-0.39, 0.29) is 30.7 Å². The maximum Gasteiger partial charge on any atom is 0.322 e. The number of ether oxygens (including phenoxy) is 1. The van der Waals surface area contributed by atoms with Gasteiger partial charge in [-0.15, -0.1) is 0 Å². The molecule has 1 saturated heterocycles. The lowest BCUT2D eigenvalue weighted by Crippen LogP contribution is -2.44. The lowest BCUT2D eigenvalue weighted by atomic mass is 10.2. The zero-order valence-corrected chi connectivity index (χ0v) is 15.2. The number of urea groups is 1. The lowest BCUT2D eigenvalue weighted by Gasteiger charge is -2.25. The molecule has 28 heavy (non-hydrogen) atoms. The van der Waals surface area contributed by atoms with Crippen molar-refractivity contribution in [3.05, 3.63) is 41.7 Å². The van der Waals surface area contributed by atoms with Crippen LogP contribution in [0.2, 0.25) is 0 Å². The minimum atomic E-state index is -0.909. The van der Waals surface area contributed by atoms with Crippen LogP contribution in [-0.4, -0.2) is 47.8 Å². The third-order valence-corrected chi connectivity index (χ3v) is 4.14. The summed E-state index contributed by atoms with van der Waals surface area (Å²) in [5.74, 6) is -1.41. The smallest absolute Gasteiger partial charge is 0.322 e. The molecule has 2 N–H and O–H groups in total. The Morgan fingerprint density at radius 1 is 1.29 bits per heavy atom. The Kier molecular flexibility index (Phi) is 6.19. The predicted octanol–water partition coefficient (Wildman–Crippen LogP) is 2.91. The zero-order chi connectivity index (χ0) is 20.1. The molecule has 0 saturated carbocycles. The van der Waals surface area contributed by atoms with Crippen molar-refractivity contribution in [2.75, 3.05) is 30.3 Å². The third-order valence-electron chi connectivity index (χ3n) is 4.14. The molecule has 1 atom stereocenters. The molecule has 2 aromatic rings. The average molecular weight is 394 g/mol. The zero-order valence-electron chi connectivity index (χ0n) is 15.2. The Morgan fingerprint density at radius 2 is 2.11 bits per heavy atom. The van der Waals surface area contributed by atoms with Crippen molar-refractivity contribution in [2.45, 2.75) is 25.9 Å². The number of nitrogens with zero attached hydrogens (tertiary/aromatic N) is 2. The molecule has 3 amide bonds. The topological polar surface area (TPSA) is 96.7 Å². The molecule has 0 aliphatic carbocycles. The number of hydrogen-bond acceptors (Lipinski definition) is 5. The van der Waals surface area contributed by atoms with Gasteiger partial charge in [0.1, 0.15) is 23.9 Å². The van der Waals surface area contributed by atoms with Gasteiger partial charge in [-0.2, -0.15) is 0 Å². The number of benzene rings is 1. The first-order chi connectivity index (χ1) is 13.4. The molecule has 8 nitrogen and oxygen atoms in total. The summed E-state index contributed by atoms with van der Waals surface area (Å²) in [7, 11) is 0. The van der Waals surface area contributed by atoms with Gasteiger partial charge in [0.25, 0.3) is 0 Å². The molecule has 1 fully saturated rings. The fourth-order valence-electron chi connectivity index (χ4n) is 2.82. The predicted molar refractivity (Wildman–Crippen MR) is 95.8 cm³/mol. The fraction of sp³-hybridized carbons (Fsp3) is 0.389. The van der Waals surface area contributed by atoms with Crippen LogP contribution < -0.4 is 10.6 Å². The quantitative estimate of drug-likeness (QED) is 0.785. The Morgan fingerprint density at radius 3 is 2.75 bits per heavy atom. The molecule has 0 spiro atoms. The number of anilines is 2. The van der Waals surface area contributed by atoms with Crippen molar-refractivity contribution in [1.29, 1.82) is 0 Å². The first kappa shape index (κ1) is 19.7. The first-order valence-electron chi connectivity index (χ1n) is 8.76. The number of aromatic nitrogens is 1. The summed E-state index contributed by atoms with van der Waals surface area (Å²) >= 11 is 0. The van der Waals surface area contributed by atoms with Crippen LogP contribution in [0.1, 0.15) is 18.6 Å². The lowest BCUT2D eigenvalue weighted by molar-refractivity contribution is -0.117. The standard InChI is InChI=1S/C18H20F2N4O4/c1-11-7-16(23-28-11)22-17(25)10-24(9-13-3-2-6-27-13)18(26)21-15-5-4-12(19)8-14(15)20/h4-5,7-8,13H,2-3,6,9-10H2,1H3,(H,21,26)(H,22,23,25). The van der Waals surface area contributed by atoms with Crippen LogP contribution in [0.25, 0.3) is 0 Å². The van der Waals surface area contributed by atoms with Crippen LogP contribution in [0.5, 0.6) is 0 Å². The van der Waals surface area contributed by atoms with E-state index in [1.54, 1.807) is 6.92 Å². The molecule has 150 valence electrons. The second-order valence-electron chi connectivity index (χ2n) is 6.44. The van der Waals surface area contributed by atoms with Crippen molar-refractivity contribution in [3.8, 4) is 0 Å². The van der Waals surface area contributed by atoms with Crippen LogP contribution in [-0.2, 0) is 9.53 Å². The minimum absolute atomic E-state index is 0.153. The number of nitrogens with one attached hydrogen (secondary N) is 2. The van der Waals surface area contributed by atoms with E-state index in [0.717, 1.165) is 25.0 Å². The highest BCUT2D eigenvalue weighted by Crippen LogP contribution is 2.18. The van der Waals surface area contributed by atoms with Crippen LogP contribution in [0, 0.1) is 18.6 Å². The first-order valence-corrected chi connectivity index (χ1v) is 8.76. The van der Waals surface area contributed by atoms with Gasteiger partial charge in [0.05, 0.1) is 11.8 Å².